The van der Waals surface area contributed by atoms with Crippen molar-refractivity contribution in [2.24, 2.45) is 0 Å². The molecular formula is C22H29N3O4. The Morgan fingerprint density at radius 1 is 0.897 bits per heavy atom. The number of carbonyl (C=O) groups excluding carboxylic acids is 1. The third kappa shape index (κ3) is 5.12. The summed E-state index contributed by atoms with van der Waals surface area (Å²) < 4.78 is 16.0. The number of anilines is 1. The van der Waals surface area contributed by atoms with Gasteiger partial charge in [-0.25, -0.2) is 0 Å². The third-order valence-corrected chi connectivity index (χ3v) is 5.11. The largest absolute Gasteiger partial charge is 0.495 e. The number of para-hydroxylation sites is 2. The molecule has 0 atom stereocenters. The molecule has 7 heteroatoms. The molecule has 29 heavy (non-hydrogen) atoms. The number of nitrogens with zero attached hydrogens (tertiary/aromatic N) is 2. The van der Waals surface area contributed by atoms with Gasteiger partial charge in [0.05, 0.1) is 33.6 Å². The highest BCUT2D eigenvalue weighted by Crippen LogP contribution is 2.29. The molecule has 1 saturated heterocycles. The molecule has 1 aliphatic heterocycles. The predicted molar refractivity (Wildman–Crippen MR) is 113 cm³/mol. The number of ether oxygens (including phenoxy) is 3. The van der Waals surface area contributed by atoms with E-state index in [0.717, 1.165) is 30.1 Å². The summed E-state index contributed by atoms with van der Waals surface area (Å²) in [5.41, 5.74) is 2.12. The number of hydrogen-bond acceptors (Lipinski definition) is 6. The Balaban J connectivity index is 1.47. The van der Waals surface area contributed by atoms with Crippen molar-refractivity contribution in [3.05, 3.63) is 48.0 Å². The van der Waals surface area contributed by atoms with E-state index >= 15 is 0 Å². The normalized spacial score (nSPS) is 13.9. The first-order chi connectivity index (χ1) is 14.2. The predicted octanol–water partition coefficient (Wildman–Crippen LogP) is 2.15. The molecule has 0 saturated carbocycles. The van der Waals surface area contributed by atoms with Crippen LogP contribution >= 0.6 is 0 Å². The van der Waals surface area contributed by atoms with Crippen LogP contribution in [0.2, 0.25) is 0 Å². The van der Waals surface area contributed by atoms with Crippen LogP contribution in [0.1, 0.15) is 5.56 Å². The highest BCUT2D eigenvalue weighted by molar-refractivity contribution is 5.78. The van der Waals surface area contributed by atoms with E-state index < -0.39 is 0 Å². The highest BCUT2D eigenvalue weighted by atomic mass is 16.5. The second kappa shape index (κ2) is 10.0. The number of hydrogen-bond donors (Lipinski definition) is 1. The molecule has 0 unspecified atom stereocenters. The summed E-state index contributed by atoms with van der Waals surface area (Å²) >= 11 is 0. The molecule has 0 radical (unpaired) electrons. The molecule has 7 nitrogen and oxygen atoms in total. The molecular weight excluding hydrogens is 370 g/mol. The standard InChI is InChI=1S/C22H29N3O4/c1-27-19-7-5-4-6-18(19)24-10-12-25(13-11-24)22(26)16-23-15-17-8-9-20(28-2)21(14-17)29-3/h4-9,14,23H,10-13,15-16H2,1-3H3. The number of methoxy groups -OCH3 is 3. The number of rotatable bonds is 8. The first kappa shape index (κ1) is 20.8. The van der Waals surface area contributed by atoms with Gasteiger partial charge in [-0.3, -0.25) is 4.79 Å². The van der Waals surface area contributed by atoms with Crippen molar-refractivity contribution < 1.29 is 19.0 Å². The molecule has 0 spiro atoms. The van der Waals surface area contributed by atoms with E-state index in [1.807, 2.05) is 41.3 Å². The molecule has 1 fully saturated rings. The third-order valence-electron chi connectivity index (χ3n) is 5.11. The topological polar surface area (TPSA) is 63.3 Å². The zero-order chi connectivity index (χ0) is 20.6. The van der Waals surface area contributed by atoms with Crippen molar-refractivity contribution in [3.63, 3.8) is 0 Å². The highest BCUT2D eigenvalue weighted by Gasteiger charge is 2.22. The monoisotopic (exact) mass is 399 g/mol. The first-order valence-electron chi connectivity index (χ1n) is 9.73. The maximum atomic E-state index is 12.6. The van der Waals surface area contributed by atoms with Crippen molar-refractivity contribution in [3.8, 4) is 17.2 Å². The van der Waals surface area contributed by atoms with Gasteiger partial charge in [0.15, 0.2) is 11.5 Å². The Hall–Kier alpha value is -2.93. The van der Waals surface area contributed by atoms with E-state index in [1.165, 1.54) is 0 Å². The summed E-state index contributed by atoms with van der Waals surface area (Å²) in [7, 11) is 4.91. The van der Waals surface area contributed by atoms with Gasteiger partial charge in [-0.15, -0.1) is 0 Å². The summed E-state index contributed by atoms with van der Waals surface area (Å²) in [6.45, 7) is 3.89. The van der Waals surface area contributed by atoms with E-state index in [9.17, 15) is 4.79 Å². The number of carbonyl (C=O) groups is 1. The lowest BCUT2D eigenvalue weighted by molar-refractivity contribution is -0.130. The number of benzene rings is 2. The molecule has 2 aromatic carbocycles. The van der Waals surface area contributed by atoms with Gasteiger partial charge in [-0.05, 0) is 29.8 Å². The van der Waals surface area contributed by atoms with Crippen LogP contribution in [0.4, 0.5) is 5.69 Å². The van der Waals surface area contributed by atoms with Gasteiger partial charge < -0.3 is 29.3 Å². The first-order valence-corrected chi connectivity index (χ1v) is 9.73. The molecule has 0 aromatic heterocycles. The van der Waals surface area contributed by atoms with Gasteiger partial charge in [0.1, 0.15) is 5.75 Å². The summed E-state index contributed by atoms with van der Waals surface area (Å²) in [5.74, 6) is 2.36. The van der Waals surface area contributed by atoms with Crippen LogP contribution in [0.5, 0.6) is 17.2 Å². The SMILES string of the molecule is COc1ccc(CNCC(=O)N2CCN(c3ccccc3OC)CC2)cc1OC. The minimum atomic E-state index is 0.116. The van der Waals surface area contributed by atoms with Crippen molar-refractivity contribution in [2.45, 2.75) is 6.54 Å². The average Bonchev–Trinajstić information content (AvgIpc) is 2.78. The van der Waals surface area contributed by atoms with Gasteiger partial charge >= 0.3 is 0 Å². The van der Waals surface area contributed by atoms with E-state index in [1.54, 1.807) is 21.3 Å². The van der Waals surface area contributed by atoms with E-state index in [2.05, 4.69) is 16.3 Å². The van der Waals surface area contributed by atoms with Crippen molar-refractivity contribution in [2.75, 3.05) is 59.0 Å². The Kier molecular flexibility index (Phi) is 7.19. The summed E-state index contributed by atoms with van der Waals surface area (Å²) in [6.07, 6.45) is 0. The van der Waals surface area contributed by atoms with Crippen molar-refractivity contribution in [1.29, 1.82) is 0 Å². The van der Waals surface area contributed by atoms with E-state index in [4.69, 9.17) is 14.2 Å². The lowest BCUT2D eigenvalue weighted by atomic mass is 10.2. The average molecular weight is 399 g/mol. The lowest BCUT2D eigenvalue weighted by Crippen LogP contribution is -2.50. The Labute approximate surface area is 172 Å². The molecule has 156 valence electrons. The van der Waals surface area contributed by atoms with Gasteiger partial charge in [0, 0.05) is 32.7 Å². The molecule has 1 N–H and O–H groups in total. The van der Waals surface area contributed by atoms with E-state index in [0.29, 0.717) is 37.7 Å². The van der Waals surface area contributed by atoms with Crippen LogP contribution < -0.4 is 24.4 Å². The zero-order valence-corrected chi connectivity index (χ0v) is 17.3. The second-order valence-electron chi connectivity index (χ2n) is 6.83. The molecule has 1 aliphatic rings. The number of amides is 1. The summed E-state index contributed by atoms with van der Waals surface area (Å²) in [6, 6.07) is 13.7. The van der Waals surface area contributed by atoms with Crippen LogP contribution in [0.3, 0.4) is 0 Å². The van der Waals surface area contributed by atoms with Crippen LogP contribution in [0, 0.1) is 0 Å². The lowest BCUT2D eigenvalue weighted by Gasteiger charge is -2.36. The van der Waals surface area contributed by atoms with Crippen LogP contribution in [0.25, 0.3) is 0 Å². The number of piperazine rings is 1. The Morgan fingerprint density at radius 3 is 2.28 bits per heavy atom. The summed E-state index contributed by atoms with van der Waals surface area (Å²) in [4.78, 5) is 16.7. The van der Waals surface area contributed by atoms with Gasteiger partial charge in [0.2, 0.25) is 5.91 Å². The molecule has 3 rings (SSSR count). The maximum Gasteiger partial charge on any atom is 0.236 e. The smallest absolute Gasteiger partial charge is 0.236 e. The molecule has 0 aliphatic carbocycles. The minimum Gasteiger partial charge on any atom is -0.495 e. The van der Waals surface area contributed by atoms with Gasteiger partial charge in [0.25, 0.3) is 0 Å². The van der Waals surface area contributed by atoms with E-state index in [-0.39, 0.29) is 5.91 Å². The zero-order valence-electron chi connectivity index (χ0n) is 17.3. The minimum absolute atomic E-state index is 0.116. The fourth-order valence-electron chi connectivity index (χ4n) is 3.50. The van der Waals surface area contributed by atoms with Crippen LogP contribution in [0.15, 0.2) is 42.5 Å². The second-order valence-corrected chi connectivity index (χ2v) is 6.83. The van der Waals surface area contributed by atoms with Crippen molar-refractivity contribution in [1.82, 2.24) is 10.2 Å². The quantitative estimate of drug-likeness (QED) is 0.734. The Bertz CT molecular complexity index is 819. The van der Waals surface area contributed by atoms with Crippen LogP contribution in [-0.2, 0) is 11.3 Å². The molecule has 2 aromatic rings. The van der Waals surface area contributed by atoms with Gasteiger partial charge in [-0.1, -0.05) is 18.2 Å². The molecule has 1 amide bonds. The van der Waals surface area contributed by atoms with Crippen molar-refractivity contribution >= 4 is 11.6 Å². The molecule has 0 bridgehead atoms. The summed E-state index contributed by atoms with van der Waals surface area (Å²) in [5, 5.41) is 3.23. The maximum absolute atomic E-state index is 12.6. The van der Waals surface area contributed by atoms with Gasteiger partial charge in [-0.2, -0.15) is 0 Å². The molecule has 1 heterocycles. The fourth-order valence-corrected chi connectivity index (χ4v) is 3.50. The Morgan fingerprint density at radius 2 is 1.59 bits per heavy atom. The van der Waals surface area contributed by atoms with Crippen LogP contribution in [-0.4, -0.2) is 64.9 Å². The fraction of sp³-hybridized carbons (Fsp3) is 0.409. The number of nitrogens with one attached hydrogen (secondary N) is 1.